The van der Waals surface area contributed by atoms with Crippen molar-refractivity contribution >= 4 is 5.71 Å². The SMILES string of the molecule is CC(=N)c1ncccn1. The second-order valence-corrected chi connectivity index (χ2v) is 1.70. The van der Waals surface area contributed by atoms with Gasteiger partial charge >= 0.3 is 0 Å². The second-order valence-electron chi connectivity index (χ2n) is 1.70. The Morgan fingerprint density at radius 1 is 1.44 bits per heavy atom. The maximum Gasteiger partial charge on any atom is 0.172 e. The van der Waals surface area contributed by atoms with Gasteiger partial charge in [-0.2, -0.15) is 0 Å². The molecule has 3 heteroatoms. The summed E-state index contributed by atoms with van der Waals surface area (Å²) in [6, 6.07) is 1.73. The number of nitrogens with zero attached hydrogens (tertiary/aromatic N) is 2. The molecule has 0 aromatic carbocycles. The fourth-order valence-electron chi connectivity index (χ4n) is 0.493. The van der Waals surface area contributed by atoms with Crippen LogP contribution in [0.15, 0.2) is 18.5 Å². The summed E-state index contributed by atoms with van der Waals surface area (Å²) >= 11 is 0. The van der Waals surface area contributed by atoms with E-state index in [0.717, 1.165) is 0 Å². The summed E-state index contributed by atoms with van der Waals surface area (Å²) in [5, 5.41) is 7.11. The van der Waals surface area contributed by atoms with Crippen LogP contribution >= 0.6 is 0 Å². The van der Waals surface area contributed by atoms with Crippen molar-refractivity contribution in [3.8, 4) is 0 Å². The van der Waals surface area contributed by atoms with Crippen molar-refractivity contribution in [2.75, 3.05) is 0 Å². The minimum Gasteiger partial charge on any atom is -0.302 e. The summed E-state index contributed by atoms with van der Waals surface area (Å²) in [5.41, 5.74) is 0.399. The van der Waals surface area contributed by atoms with E-state index in [0.29, 0.717) is 11.5 Å². The third-order valence-corrected chi connectivity index (χ3v) is 0.901. The molecule has 1 rings (SSSR count). The number of nitrogens with one attached hydrogen (secondary N) is 1. The Balaban J connectivity index is 2.98. The van der Waals surface area contributed by atoms with Crippen LogP contribution in [0.3, 0.4) is 0 Å². The molecule has 0 bridgehead atoms. The van der Waals surface area contributed by atoms with Gasteiger partial charge in [0.05, 0.1) is 5.71 Å². The minimum absolute atomic E-state index is 0.399. The lowest BCUT2D eigenvalue weighted by molar-refractivity contribution is 1.12. The first kappa shape index (κ1) is 5.88. The van der Waals surface area contributed by atoms with Gasteiger partial charge in [-0.3, -0.25) is 0 Å². The van der Waals surface area contributed by atoms with Gasteiger partial charge in [0.1, 0.15) is 0 Å². The molecule has 3 nitrogen and oxygen atoms in total. The Bertz CT molecular complexity index is 205. The number of aromatic nitrogens is 2. The van der Waals surface area contributed by atoms with Gasteiger partial charge in [-0.25, -0.2) is 9.97 Å². The Labute approximate surface area is 53.3 Å². The summed E-state index contributed by atoms with van der Waals surface area (Å²) in [7, 11) is 0. The molecule has 0 unspecified atom stereocenters. The molecule has 1 N–H and O–H groups in total. The third kappa shape index (κ3) is 1.32. The first-order valence-corrected chi connectivity index (χ1v) is 2.63. The highest BCUT2D eigenvalue weighted by Crippen LogP contribution is 1.86. The molecule has 1 heterocycles. The fourth-order valence-corrected chi connectivity index (χ4v) is 0.493. The molecule has 0 saturated carbocycles. The molecule has 0 saturated heterocycles. The highest BCUT2D eigenvalue weighted by atomic mass is 14.9. The van der Waals surface area contributed by atoms with Crippen LogP contribution in [0.1, 0.15) is 12.7 Å². The average molecular weight is 121 g/mol. The zero-order valence-corrected chi connectivity index (χ0v) is 5.13. The summed E-state index contributed by atoms with van der Waals surface area (Å²) in [4.78, 5) is 7.69. The Kier molecular flexibility index (Phi) is 1.53. The van der Waals surface area contributed by atoms with Gasteiger partial charge in [0.25, 0.3) is 0 Å². The smallest absolute Gasteiger partial charge is 0.172 e. The van der Waals surface area contributed by atoms with E-state index in [1.165, 1.54) is 0 Å². The minimum atomic E-state index is 0.399. The molecular formula is C6H7N3. The summed E-state index contributed by atoms with van der Waals surface area (Å²) in [5.74, 6) is 0.498. The van der Waals surface area contributed by atoms with Crippen LogP contribution in [0, 0.1) is 5.41 Å². The molecule has 0 aliphatic carbocycles. The first-order valence-electron chi connectivity index (χ1n) is 2.63. The highest BCUT2D eigenvalue weighted by molar-refractivity contribution is 5.92. The highest BCUT2D eigenvalue weighted by Gasteiger charge is 1.92. The summed E-state index contributed by atoms with van der Waals surface area (Å²) < 4.78 is 0. The Morgan fingerprint density at radius 2 is 2.00 bits per heavy atom. The zero-order chi connectivity index (χ0) is 6.69. The van der Waals surface area contributed by atoms with Crippen molar-refractivity contribution in [3.63, 3.8) is 0 Å². The van der Waals surface area contributed by atoms with Crippen molar-refractivity contribution in [2.45, 2.75) is 6.92 Å². The molecule has 1 aromatic rings. The van der Waals surface area contributed by atoms with Crippen LogP contribution in [0.5, 0.6) is 0 Å². The van der Waals surface area contributed by atoms with Crippen molar-refractivity contribution in [1.82, 2.24) is 9.97 Å². The molecule has 0 radical (unpaired) electrons. The van der Waals surface area contributed by atoms with Crippen LogP contribution in [0.4, 0.5) is 0 Å². The lowest BCUT2D eigenvalue weighted by Gasteiger charge is -1.90. The van der Waals surface area contributed by atoms with E-state index < -0.39 is 0 Å². The van der Waals surface area contributed by atoms with Gasteiger partial charge in [-0.15, -0.1) is 0 Å². The van der Waals surface area contributed by atoms with E-state index >= 15 is 0 Å². The molecule has 0 amide bonds. The molecule has 0 atom stereocenters. The van der Waals surface area contributed by atoms with Crippen LogP contribution in [-0.2, 0) is 0 Å². The van der Waals surface area contributed by atoms with Crippen molar-refractivity contribution in [3.05, 3.63) is 24.3 Å². The van der Waals surface area contributed by atoms with Gasteiger partial charge in [-0.05, 0) is 13.0 Å². The van der Waals surface area contributed by atoms with Crippen LogP contribution < -0.4 is 0 Å². The zero-order valence-electron chi connectivity index (χ0n) is 5.13. The molecule has 9 heavy (non-hydrogen) atoms. The van der Waals surface area contributed by atoms with Gasteiger partial charge < -0.3 is 5.41 Å². The number of hydrogen-bond acceptors (Lipinski definition) is 3. The van der Waals surface area contributed by atoms with E-state index in [4.69, 9.17) is 5.41 Å². The molecule has 0 fully saturated rings. The molecular weight excluding hydrogens is 114 g/mol. The predicted octanol–water partition coefficient (Wildman–Crippen LogP) is 0.864. The fraction of sp³-hybridized carbons (Fsp3) is 0.167. The van der Waals surface area contributed by atoms with Crippen LogP contribution in [0.25, 0.3) is 0 Å². The topological polar surface area (TPSA) is 49.6 Å². The molecule has 0 aliphatic heterocycles. The maximum atomic E-state index is 7.11. The molecule has 1 aromatic heterocycles. The molecule has 0 spiro atoms. The van der Waals surface area contributed by atoms with E-state index in [2.05, 4.69) is 9.97 Å². The van der Waals surface area contributed by atoms with Crippen LogP contribution in [0.2, 0.25) is 0 Å². The Hall–Kier alpha value is -1.25. The molecule has 46 valence electrons. The largest absolute Gasteiger partial charge is 0.302 e. The van der Waals surface area contributed by atoms with Crippen LogP contribution in [-0.4, -0.2) is 15.7 Å². The number of hydrogen-bond donors (Lipinski definition) is 1. The first-order chi connectivity index (χ1) is 4.30. The van der Waals surface area contributed by atoms with Gasteiger partial charge in [-0.1, -0.05) is 0 Å². The Morgan fingerprint density at radius 3 is 2.33 bits per heavy atom. The summed E-state index contributed by atoms with van der Waals surface area (Å²) in [6.07, 6.45) is 3.25. The number of rotatable bonds is 1. The predicted molar refractivity (Wildman–Crippen MR) is 34.5 cm³/mol. The average Bonchev–Trinajstić information content (AvgIpc) is 1.90. The second kappa shape index (κ2) is 2.35. The van der Waals surface area contributed by atoms with Crippen molar-refractivity contribution in [1.29, 1.82) is 5.41 Å². The van der Waals surface area contributed by atoms with E-state index in [1.54, 1.807) is 25.4 Å². The normalized spacial score (nSPS) is 9.00. The van der Waals surface area contributed by atoms with Gasteiger partial charge in [0.15, 0.2) is 5.82 Å². The third-order valence-electron chi connectivity index (χ3n) is 0.901. The van der Waals surface area contributed by atoms with Gasteiger partial charge in [0, 0.05) is 12.4 Å². The maximum absolute atomic E-state index is 7.11. The quantitative estimate of drug-likeness (QED) is 0.560. The van der Waals surface area contributed by atoms with Gasteiger partial charge in [0.2, 0.25) is 0 Å². The summed E-state index contributed by atoms with van der Waals surface area (Å²) in [6.45, 7) is 1.66. The van der Waals surface area contributed by atoms with Crippen molar-refractivity contribution in [2.24, 2.45) is 0 Å². The van der Waals surface area contributed by atoms with Crippen molar-refractivity contribution < 1.29 is 0 Å². The van der Waals surface area contributed by atoms with E-state index in [-0.39, 0.29) is 0 Å². The lowest BCUT2D eigenvalue weighted by Crippen LogP contribution is -1.98. The molecule has 0 aliphatic rings. The lowest BCUT2D eigenvalue weighted by atomic mass is 10.4. The monoisotopic (exact) mass is 121 g/mol. The van der Waals surface area contributed by atoms with E-state index in [9.17, 15) is 0 Å². The standard InChI is InChI=1S/C6H7N3/c1-5(7)6-8-3-2-4-9-6/h2-4,7H,1H3. The van der Waals surface area contributed by atoms with E-state index in [1.807, 2.05) is 0 Å².